The SMILES string of the molecule is CCCC(C)C(=O)CN1CCC(N)CC1. The first-order chi connectivity index (χ1) is 7.13. The van der Waals surface area contributed by atoms with E-state index in [1.54, 1.807) is 0 Å². The number of hydrogen-bond acceptors (Lipinski definition) is 3. The Kier molecular flexibility index (Phi) is 5.26. The maximum Gasteiger partial charge on any atom is 0.149 e. The highest BCUT2D eigenvalue weighted by molar-refractivity contribution is 5.82. The third-order valence-corrected chi connectivity index (χ3v) is 3.28. The largest absolute Gasteiger partial charge is 0.328 e. The van der Waals surface area contributed by atoms with E-state index in [0.717, 1.165) is 38.8 Å². The van der Waals surface area contributed by atoms with Crippen molar-refractivity contribution < 1.29 is 4.79 Å². The van der Waals surface area contributed by atoms with Crippen LogP contribution in [0.4, 0.5) is 0 Å². The first-order valence-corrected chi connectivity index (χ1v) is 6.14. The van der Waals surface area contributed by atoms with Gasteiger partial charge in [0, 0.05) is 25.0 Å². The van der Waals surface area contributed by atoms with Gasteiger partial charge in [-0.05, 0) is 19.3 Å². The van der Waals surface area contributed by atoms with Gasteiger partial charge in [0.1, 0.15) is 5.78 Å². The maximum atomic E-state index is 11.8. The molecular formula is C12H24N2O. The van der Waals surface area contributed by atoms with Gasteiger partial charge < -0.3 is 5.73 Å². The van der Waals surface area contributed by atoms with E-state index in [9.17, 15) is 4.79 Å². The predicted molar refractivity (Wildman–Crippen MR) is 62.7 cm³/mol. The lowest BCUT2D eigenvalue weighted by Crippen LogP contribution is -2.42. The molecule has 1 unspecified atom stereocenters. The quantitative estimate of drug-likeness (QED) is 0.749. The second-order valence-electron chi connectivity index (χ2n) is 4.77. The van der Waals surface area contributed by atoms with E-state index in [2.05, 4.69) is 11.8 Å². The number of Topliss-reactive ketones (excluding diaryl/α,β-unsaturated/α-hetero) is 1. The van der Waals surface area contributed by atoms with Crippen molar-refractivity contribution >= 4 is 5.78 Å². The van der Waals surface area contributed by atoms with Gasteiger partial charge in [0.25, 0.3) is 0 Å². The Balaban J connectivity index is 2.25. The molecule has 88 valence electrons. The van der Waals surface area contributed by atoms with Crippen LogP contribution in [0.15, 0.2) is 0 Å². The predicted octanol–water partition coefficient (Wildman–Crippen LogP) is 1.41. The Hall–Kier alpha value is -0.410. The Morgan fingerprint density at radius 3 is 2.60 bits per heavy atom. The summed E-state index contributed by atoms with van der Waals surface area (Å²) in [5.74, 6) is 0.623. The molecule has 15 heavy (non-hydrogen) atoms. The van der Waals surface area contributed by atoms with Gasteiger partial charge in [-0.2, -0.15) is 0 Å². The number of rotatable bonds is 5. The number of likely N-dealkylation sites (tertiary alicyclic amines) is 1. The molecule has 1 atom stereocenters. The van der Waals surface area contributed by atoms with Crippen molar-refractivity contribution in [2.24, 2.45) is 11.7 Å². The van der Waals surface area contributed by atoms with Crippen LogP contribution in [-0.4, -0.2) is 36.4 Å². The van der Waals surface area contributed by atoms with E-state index in [1.807, 2.05) is 6.92 Å². The first-order valence-electron chi connectivity index (χ1n) is 6.14. The normalized spacial score (nSPS) is 21.5. The molecule has 1 aliphatic heterocycles. The van der Waals surface area contributed by atoms with E-state index in [0.29, 0.717) is 18.4 Å². The zero-order valence-electron chi connectivity index (χ0n) is 10.0. The zero-order valence-corrected chi connectivity index (χ0v) is 10.0. The van der Waals surface area contributed by atoms with Gasteiger partial charge in [-0.15, -0.1) is 0 Å². The number of carbonyl (C=O) groups is 1. The molecule has 3 nitrogen and oxygen atoms in total. The van der Waals surface area contributed by atoms with Crippen LogP contribution >= 0.6 is 0 Å². The molecule has 0 aromatic heterocycles. The smallest absolute Gasteiger partial charge is 0.149 e. The summed E-state index contributed by atoms with van der Waals surface area (Å²) >= 11 is 0. The van der Waals surface area contributed by atoms with E-state index in [4.69, 9.17) is 5.73 Å². The van der Waals surface area contributed by atoms with Crippen molar-refractivity contribution in [3.63, 3.8) is 0 Å². The number of ketones is 1. The summed E-state index contributed by atoms with van der Waals surface area (Å²) < 4.78 is 0. The van der Waals surface area contributed by atoms with Crippen molar-refractivity contribution in [1.29, 1.82) is 0 Å². The van der Waals surface area contributed by atoms with Crippen LogP contribution in [0.2, 0.25) is 0 Å². The van der Waals surface area contributed by atoms with E-state index in [-0.39, 0.29) is 5.92 Å². The summed E-state index contributed by atoms with van der Waals surface area (Å²) in [7, 11) is 0. The minimum atomic E-state index is 0.227. The summed E-state index contributed by atoms with van der Waals surface area (Å²) in [6.07, 6.45) is 4.19. The minimum absolute atomic E-state index is 0.227. The Labute approximate surface area is 93.0 Å². The summed E-state index contributed by atoms with van der Waals surface area (Å²) in [6, 6.07) is 0.351. The van der Waals surface area contributed by atoms with Crippen LogP contribution in [0, 0.1) is 5.92 Å². The molecule has 0 bridgehead atoms. The number of nitrogens with zero attached hydrogens (tertiary/aromatic N) is 1. The van der Waals surface area contributed by atoms with Gasteiger partial charge in [0.15, 0.2) is 0 Å². The van der Waals surface area contributed by atoms with Crippen molar-refractivity contribution in [3.8, 4) is 0 Å². The molecule has 0 radical (unpaired) electrons. The topological polar surface area (TPSA) is 46.3 Å². The molecule has 0 aromatic rings. The maximum absolute atomic E-state index is 11.8. The lowest BCUT2D eigenvalue weighted by Gasteiger charge is -2.30. The fraction of sp³-hybridized carbons (Fsp3) is 0.917. The molecule has 0 spiro atoms. The third-order valence-electron chi connectivity index (χ3n) is 3.28. The monoisotopic (exact) mass is 212 g/mol. The first kappa shape index (κ1) is 12.7. The van der Waals surface area contributed by atoms with Crippen LogP contribution in [0.25, 0.3) is 0 Å². The van der Waals surface area contributed by atoms with Crippen LogP contribution < -0.4 is 5.73 Å². The third kappa shape index (κ3) is 4.31. The summed E-state index contributed by atoms with van der Waals surface area (Å²) in [4.78, 5) is 14.1. The molecule has 1 fully saturated rings. The highest BCUT2D eigenvalue weighted by Gasteiger charge is 2.20. The van der Waals surface area contributed by atoms with Gasteiger partial charge in [-0.3, -0.25) is 9.69 Å². The van der Waals surface area contributed by atoms with Crippen molar-refractivity contribution in [2.75, 3.05) is 19.6 Å². The second-order valence-corrected chi connectivity index (χ2v) is 4.77. The van der Waals surface area contributed by atoms with Gasteiger partial charge >= 0.3 is 0 Å². The molecule has 0 amide bonds. The van der Waals surface area contributed by atoms with Gasteiger partial charge in [-0.1, -0.05) is 20.3 Å². The molecule has 1 aliphatic rings. The van der Waals surface area contributed by atoms with E-state index >= 15 is 0 Å². The van der Waals surface area contributed by atoms with E-state index in [1.165, 1.54) is 0 Å². The van der Waals surface area contributed by atoms with Crippen LogP contribution in [0.5, 0.6) is 0 Å². The molecule has 1 heterocycles. The minimum Gasteiger partial charge on any atom is -0.328 e. The molecule has 1 rings (SSSR count). The lowest BCUT2D eigenvalue weighted by molar-refractivity contribution is -0.124. The molecular weight excluding hydrogens is 188 g/mol. The number of hydrogen-bond donors (Lipinski definition) is 1. The van der Waals surface area contributed by atoms with Crippen LogP contribution in [0.1, 0.15) is 39.5 Å². The highest BCUT2D eigenvalue weighted by atomic mass is 16.1. The summed E-state index contributed by atoms with van der Waals surface area (Å²) in [5.41, 5.74) is 5.82. The molecule has 0 saturated carbocycles. The number of piperidine rings is 1. The standard InChI is InChI=1S/C12H24N2O/c1-3-4-10(2)12(15)9-14-7-5-11(13)6-8-14/h10-11H,3-9,13H2,1-2H3. The Bertz CT molecular complexity index is 198. The van der Waals surface area contributed by atoms with Gasteiger partial charge in [0.2, 0.25) is 0 Å². The fourth-order valence-corrected chi connectivity index (χ4v) is 2.08. The van der Waals surface area contributed by atoms with Crippen LogP contribution in [-0.2, 0) is 4.79 Å². The molecule has 2 N–H and O–H groups in total. The Morgan fingerprint density at radius 1 is 1.47 bits per heavy atom. The zero-order chi connectivity index (χ0) is 11.3. The highest BCUT2D eigenvalue weighted by Crippen LogP contribution is 2.11. The number of nitrogens with two attached hydrogens (primary N) is 1. The van der Waals surface area contributed by atoms with Gasteiger partial charge in [-0.25, -0.2) is 0 Å². The van der Waals surface area contributed by atoms with E-state index < -0.39 is 0 Å². The Morgan fingerprint density at radius 2 is 2.07 bits per heavy atom. The average molecular weight is 212 g/mol. The molecule has 3 heteroatoms. The second kappa shape index (κ2) is 6.23. The lowest BCUT2D eigenvalue weighted by atomic mass is 9.99. The molecule has 1 saturated heterocycles. The fourth-order valence-electron chi connectivity index (χ4n) is 2.08. The van der Waals surface area contributed by atoms with Crippen molar-refractivity contribution in [3.05, 3.63) is 0 Å². The average Bonchev–Trinajstić information content (AvgIpc) is 2.22. The molecule has 0 aliphatic carbocycles. The number of carbonyl (C=O) groups excluding carboxylic acids is 1. The van der Waals surface area contributed by atoms with Crippen molar-refractivity contribution in [2.45, 2.75) is 45.6 Å². The van der Waals surface area contributed by atoms with Crippen molar-refractivity contribution in [1.82, 2.24) is 4.90 Å². The van der Waals surface area contributed by atoms with Crippen LogP contribution in [0.3, 0.4) is 0 Å². The molecule has 0 aromatic carbocycles. The van der Waals surface area contributed by atoms with Gasteiger partial charge in [0.05, 0.1) is 6.54 Å². The summed E-state index contributed by atoms with van der Waals surface area (Å²) in [6.45, 7) is 6.79. The summed E-state index contributed by atoms with van der Waals surface area (Å²) in [5, 5.41) is 0.